The zero-order chi connectivity index (χ0) is 25.2. The maximum atomic E-state index is 13.6. The molecule has 2 aliphatic heterocycles. The summed E-state index contributed by atoms with van der Waals surface area (Å²) in [6.45, 7) is 7.50. The Bertz CT molecular complexity index is 1290. The second-order valence-corrected chi connectivity index (χ2v) is 10.1. The number of likely N-dealkylation sites (N-methyl/N-ethyl adjacent to an activating group) is 1. The third-order valence-electron chi connectivity index (χ3n) is 6.76. The number of nitrogens with zero attached hydrogens (tertiary/aromatic N) is 2. The summed E-state index contributed by atoms with van der Waals surface area (Å²) in [4.78, 5) is 31.6. The third kappa shape index (κ3) is 4.78. The van der Waals surface area contributed by atoms with Crippen LogP contribution in [0, 0.1) is 13.8 Å². The molecule has 0 bridgehead atoms. The number of thiophene rings is 1. The van der Waals surface area contributed by atoms with Gasteiger partial charge in [0, 0.05) is 23.5 Å². The second kappa shape index (κ2) is 10.2. The quantitative estimate of drug-likeness (QED) is 0.462. The molecule has 0 saturated heterocycles. The fourth-order valence-corrected chi connectivity index (χ4v) is 5.73. The fourth-order valence-electron chi connectivity index (χ4n) is 4.80. The predicted octanol–water partition coefficient (Wildman–Crippen LogP) is 4.76. The van der Waals surface area contributed by atoms with Crippen LogP contribution in [0.5, 0.6) is 17.2 Å². The summed E-state index contributed by atoms with van der Waals surface area (Å²) in [5, 5.41) is 2.07. The Morgan fingerprint density at radius 3 is 2.75 bits per heavy atom. The molecule has 1 atom stereocenters. The number of carbonyl (C=O) groups excluding carboxylic acids is 2. The van der Waals surface area contributed by atoms with E-state index in [9.17, 15) is 9.59 Å². The number of rotatable bonds is 7. The van der Waals surface area contributed by atoms with Crippen molar-refractivity contribution in [2.24, 2.45) is 0 Å². The molecular weight excluding hydrogens is 476 g/mol. The molecule has 1 unspecified atom stereocenters. The third-order valence-corrected chi connectivity index (χ3v) is 7.75. The van der Waals surface area contributed by atoms with E-state index in [1.54, 1.807) is 34.4 Å². The standard InChI is InChI=1S/C28H30N2O5S/c1-4-29(28(32)20-6-8-24-25(14-20)35-17-34-24)15-27(31)30-11-9-26-21(10-12-36-26)22(30)16-33-23-7-5-18(2)13-19(23)3/h5-8,10,12-14,22H,4,9,11,15-17H2,1-3H3. The van der Waals surface area contributed by atoms with Gasteiger partial charge in [-0.25, -0.2) is 0 Å². The molecular formula is C28H30N2O5S. The average molecular weight is 507 g/mol. The molecule has 0 N–H and O–H groups in total. The number of hydrogen-bond acceptors (Lipinski definition) is 6. The Morgan fingerprint density at radius 1 is 1.11 bits per heavy atom. The minimum Gasteiger partial charge on any atom is -0.491 e. The van der Waals surface area contributed by atoms with E-state index in [2.05, 4.69) is 24.4 Å². The van der Waals surface area contributed by atoms with Gasteiger partial charge in [0.25, 0.3) is 5.91 Å². The van der Waals surface area contributed by atoms with Gasteiger partial charge in [0.1, 0.15) is 18.9 Å². The van der Waals surface area contributed by atoms with Crippen molar-refractivity contribution in [3.8, 4) is 17.2 Å². The number of fused-ring (bicyclic) bond motifs is 2. The van der Waals surface area contributed by atoms with Crippen LogP contribution in [0.1, 0.15) is 44.9 Å². The predicted molar refractivity (Wildman–Crippen MR) is 138 cm³/mol. The zero-order valence-corrected chi connectivity index (χ0v) is 21.6. The van der Waals surface area contributed by atoms with Crippen LogP contribution >= 0.6 is 11.3 Å². The van der Waals surface area contributed by atoms with Gasteiger partial charge in [0.05, 0.1) is 6.04 Å². The topological polar surface area (TPSA) is 68.3 Å². The zero-order valence-electron chi connectivity index (χ0n) is 20.8. The number of ether oxygens (including phenoxy) is 3. The Hall–Kier alpha value is -3.52. The summed E-state index contributed by atoms with van der Waals surface area (Å²) in [6.07, 6.45) is 0.807. The molecule has 188 valence electrons. The van der Waals surface area contributed by atoms with Gasteiger partial charge in [-0.2, -0.15) is 0 Å². The van der Waals surface area contributed by atoms with Gasteiger partial charge in [-0.3, -0.25) is 9.59 Å². The molecule has 0 aliphatic carbocycles. The lowest BCUT2D eigenvalue weighted by Crippen LogP contribution is -2.47. The monoisotopic (exact) mass is 506 g/mol. The van der Waals surface area contributed by atoms with E-state index in [1.807, 2.05) is 30.9 Å². The second-order valence-electron chi connectivity index (χ2n) is 9.12. The summed E-state index contributed by atoms with van der Waals surface area (Å²) in [5.74, 6) is 1.70. The van der Waals surface area contributed by atoms with E-state index in [0.29, 0.717) is 36.8 Å². The molecule has 2 amide bonds. The van der Waals surface area contributed by atoms with Gasteiger partial charge in [0.15, 0.2) is 11.5 Å². The van der Waals surface area contributed by atoms with Crippen LogP contribution in [0.3, 0.4) is 0 Å². The molecule has 3 aromatic rings. The lowest BCUT2D eigenvalue weighted by Gasteiger charge is -2.37. The minimum absolute atomic E-state index is 0.00328. The number of aryl methyl sites for hydroxylation is 2. The molecule has 0 spiro atoms. The maximum Gasteiger partial charge on any atom is 0.254 e. The van der Waals surface area contributed by atoms with Crippen molar-refractivity contribution in [3.63, 3.8) is 0 Å². The van der Waals surface area contributed by atoms with Crippen LogP contribution < -0.4 is 14.2 Å². The summed E-state index contributed by atoms with van der Waals surface area (Å²) in [7, 11) is 0. The van der Waals surface area contributed by atoms with Gasteiger partial charge in [-0.15, -0.1) is 11.3 Å². The number of hydrogen-bond donors (Lipinski definition) is 0. The van der Waals surface area contributed by atoms with Crippen molar-refractivity contribution in [2.75, 3.05) is 33.0 Å². The van der Waals surface area contributed by atoms with Gasteiger partial charge in [0.2, 0.25) is 12.7 Å². The summed E-state index contributed by atoms with van der Waals surface area (Å²) in [6, 6.07) is 13.1. The van der Waals surface area contributed by atoms with Crippen LogP contribution in [0.15, 0.2) is 47.8 Å². The van der Waals surface area contributed by atoms with Crippen molar-refractivity contribution >= 4 is 23.2 Å². The first-order chi connectivity index (χ1) is 17.4. The molecule has 5 rings (SSSR count). The van der Waals surface area contributed by atoms with E-state index in [0.717, 1.165) is 23.3 Å². The smallest absolute Gasteiger partial charge is 0.254 e. The Morgan fingerprint density at radius 2 is 1.94 bits per heavy atom. The molecule has 2 aliphatic rings. The summed E-state index contributed by atoms with van der Waals surface area (Å²) < 4.78 is 17.0. The average Bonchev–Trinajstić information content (AvgIpc) is 3.55. The Kier molecular flexibility index (Phi) is 6.87. The number of amides is 2. The van der Waals surface area contributed by atoms with Crippen molar-refractivity contribution < 1.29 is 23.8 Å². The number of benzene rings is 2. The first-order valence-electron chi connectivity index (χ1n) is 12.2. The highest BCUT2D eigenvalue weighted by molar-refractivity contribution is 7.10. The molecule has 2 aromatic carbocycles. The largest absolute Gasteiger partial charge is 0.491 e. The molecule has 0 saturated carbocycles. The maximum absolute atomic E-state index is 13.6. The summed E-state index contributed by atoms with van der Waals surface area (Å²) in [5.41, 5.74) is 3.86. The molecule has 7 nitrogen and oxygen atoms in total. The van der Waals surface area contributed by atoms with Crippen LogP contribution in [0.2, 0.25) is 0 Å². The van der Waals surface area contributed by atoms with Crippen molar-refractivity contribution in [1.29, 1.82) is 0 Å². The first kappa shape index (κ1) is 24.2. The molecule has 1 aromatic heterocycles. The number of carbonyl (C=O) groups is 2. The summed E-state index contributed by atoms with van der Waals surface area (Å²) >= 11 is 1.72. The molecule has 8 heteroatoms. The Balaban J connectivity index is 1.32. The van der Waals surface area contributed by atoms with Crippen LogP contribution in [-0.4, -0.2) is 54.6 Å². The lowest BCUT2D eigenvalue weighted by atomic mass is 10.00. The van der Waals surface area contributed by atoms with Gasteiger partial charge < -0.3 is 24.0 Å². The molecule has 36 heavy (non-hydrogen) atoms. The van der Waals surface area contributed by atoms with Gasteiger partial charge >= 0.3 is 0 Å². The van der Waals surface area contributed by atoms with Crippen molar-refractivity contribution in [1.82, 2.24) is 9.80 Å². The van der Waals surface area contributed by atoms with E-state index >= 15 is 0 Å². The first-order valence-corrected chi connectivity index (χ1v) is 13.1. The van der Waals surface area contributed by atoms with Crippen LogP contribution in [0.4, 0.5) is 0 Å². The van der Waals surface area contributed by atoms with Crippen LogP contribution in [-0.2, 0) is 11.2 Å². The van der Waals surface area contributed by atoms with E-state index in [-0.39, 0.29) is 31.2 Å². The highest BCUT2D eigenvalue weighted by atomic mass is 32.1. The molecule has 0 radical (unpaired) electrons. The van der Waals surface area contributed by atoms with Crippen molar-refractivity contribution in [3.05, 3.63) is 75.0 Å². The molecule has 0 fully saturated rings. The highest BCUT2D eigenvalue weighted by Crippen LogP contribution is 2.35. The van der Waals surface area contributed by atoms with Gasteiger partial charge in [-0.1, -0.05) is 17.7 Å². The SMILES string of the molecule is CCN(CC(=O)N1CCc2sccc2C1COc1ccc(C)cc1C)C(=O)c1ccc2c(c1)OCO2. The normalized spacial score (nSPS) is 16.0. The Labute approximate surface area is 215 Å². The van der Waals surface area contributed by atoms with Crippen LogP contribution in [0.25, 0.3) is 0 Å². The van der Waals surface area contributed by atoms with E-state index < -0.39 is 0 Å². The fraction of sp³-hybridized carbons (Fsp3) is 0.357. The highest BCUT2D eigenvalue weighted by Gasteiger charge is 2.33. The minimum atomic E-state index is -0.208. The van der Waals surface area contributed by atoms with Gasteiger partial charge in [-0.05, 0) is 74.0 Å². The van der Waals surface area contributed by atoms with E-state index in [4.69, 9.17) is 14.2 Å². The molecule has 3 heterocycles. The van der Waals surface area contributed by atoms with E-state index in [1.165, 1.54) is 10.4 Å². The lowest BCUT2D eigenvalue weighted by molar-refractivity contribution is -0.135. The van der Waals surface area contributed by atoms with Crippen molar-refractivity contribution in [2.45, 2.75) is 33.2 Å².